The number of rotatable bonds is 1. The van der Waals surface area contributed by atoms with Crippen LogP contribution in [0.4, 0.5) is 4.79 Å². The quantitative estimate of drug-likeness (QED) is 0.649. The second-order valence-corrected chi connectivity index (χ2v) is 0.970. The summed E-state index contributed by atoms with van der Waals surface area (Å²) in [7, 11) is 1.53. The number of carbonyl (C=O) groups is 1. The Hall–Kier alpha value is 1.21. The summed E-state index contributed by atoms with van der Waals surface area (Å²) in [5, 5.41) is 2.30. The van der Waals surface area contributed by atoms with E-state index in [9.17, 15) is 4.79 Å². The Morgan fingerprint density at radius 3 is 2.33 bits per heavy atom. The first kappa shape index (κ1) is 16.7. The van der Waals surface area contributed by atoms with Gasteiger partial charge in [-0.3, -0.25) is 0 Å². The number of hydrogen-bond acceptors (Lipinski definition) is 2. The summed E-state index contributed by atoms with van der Waals surface area (Å²) < 4.78 is 4.44. The van der Waals surface area contributed by atoms with Gasteiger partial charge in [-0.1, -0.05) is 0 Å². The zero-order valence-electron chi connectivity index (χ0n) is 5.38. The molecule has 0 unspecified atom stereocenters. The molecule has 0 atom stereocenters. The summed E-state index contributed by atoms with van der Waals surface area (Å²) in [6, 6.07) is 0. The van der Waals surface area contributed by atoms with Crippen molar-refractivity contribution in [2.75, 3.05) is 6.61 Å². The van der Waals surface area contributed by atoms with Gasteiger partial charge in [0.15, 0.2) is 0 Å². The molecule has 0 aliphatic heterocycles. The molecular weight excluding hydrogens is 293 g/mol. The van der Waals surface area contributed by atoms with E-state index in [-0.39, 0.29) is 64.0 Å². The molecule has 0 aromatic heterocycles. The van der Waals surface area contributed by atoms with Gasteiger partial charge in [0.25, 0.3) is 0 Å². The Labute approximate surface area is 99.1 Å². The molecule has 1 amide bonds. The Morgan fingerprint density at radius 1 is 1.78 bits per heavy atom. The van der Waals surface area contributed by atoms with E-state index in [1.165, 1.54) is 7.98 Å². The molecule has 0 spiro atoms. The molecule has 0 heterocycles. The van der Waals surface area contributed by atoms with Crippen LogP contribution in [0.3, 0.4) is 0 Å². The zero-order valence-corrected chi connectivity index (χ0v) is 9.69. The van der Waals surface area contributed by atoms with Gasteiger partial charge in [-0.2, -0.15) is 0 Å². The van der Waals surface area contributed by atoms with Crippen molar-refractivity contribution in [2.24, 2.45) is 0 Å². The number of hydrogen-bond donors (Lipinski definition) is 1. The summed E-state index contributed by atoms with van der Waals surface area (Å²) in [6.07, 6.45) is -0.373. The molecule has 0 saturated heterocycles. The van der Waals surface area contributed by atoms with Crippen molar-refractivity contribution in [2.45, 2.75) is 6.92 Å². The van der Waals surface area contributed by atoms with Gasteiger partial charge in [0.2, 0.25) is 7.98 Å². The van der Waals surface area contributed by atoms with Gasteiger partial charge in [0, 0.05) is 57.9 Å². The standard InChI is InChI=1S/C3H8BNO2.Fe.Nd/c1-2-7-3(6)5-4;;/h2,4H2,1H3,(H,5,6);;. The van der Waals surface area contributed by atoms with Gasteiger partial charge in [-0.15, -0.1) is 0 Å². The third kappa shape index (κ3) is 12.4. The van der Waals surface area contributed by atoms with Crippen LogP contribution in [0.5, 0.6) is 0 Å². The largest absolute Gasteiger partial charge is 0.451 e. The Morgan fingerprint density at radius 2 is 2.22 bits per heavy atom. The van der Waals surface area contributed by atoms with Gasteiger partial charge in [-0.05, 0) is 6.92 Å². The Balaban J connectivity index is -0.000000180. The predicted molar refractivity (Wildman–Crippen MR) is 28.7 cm³/mol. The van der Waals surface area contributed by atoms with E-state index in [0.29, 0.717) is 6.61 Å². The maximum Gasteiger partial charge on any atom is 0.394 e. The number of carbonyl (C=O) groups excluding carboxylic acids is 1. The fourth-order valence-electron chi connectivity index (χ4n) is 0.203. The normalized spacial score (nSPS) is 5.89. The van der Waals surface area contributed by atoms with Crippen molar-refractivity contribution in [1.29, 1.82) is 0 Å². The van der Waals surface area contributed by atoms with Gasteiger partial charge in [0.1, 0.15) is 0 Å². The van der Waals surface area contributed by atoms with Gasteiger partial charge >= 0.3 is 6.09 Å². The number of ether oxygens (including phenoxy) is 1. The minimum Gasteiger partial charge on any atom is -0.451 e. The molecule has 0 aromatic rings. The summed E-state index contributed by atoms with van der Waals surface area (Å²) in [5.74, 6) is 0. The molecule has 0 fully saturated rings. The van der Waals surface area contributed by atoms with Crippen LogP contribution in [0.25, 0.3) is 0 Å². The van der Waals surface area contributed by atoms with E-state index in [4.69, 9.17) is 0 Å². The molecule has 0 aliphatic rings. The van der Waals surface area contributed by atoms with Crippen LogP contribution in [-0.2, 0) is 21.8 Å². The Bertz CT molecular complexity index is 74.8. The number of nitrogens with one attached hydrogen (secondary N) is 1. The van der Waals surface area contributed by atoms with Crippen LogP contribution in [0, 0.1) is 40.8 Å². The maximum atomic E-state index is 10.1. The summed E-state index contributed by atoms with van der Waals surface area (Å²) in [6.45, 7) is 2.19. The van der Waals surface area contributed by atoms with E-state index in [0.717, 1.165) is 0 Å². The van der Waals surface area contributed by atoms with Crippen molar-refractivity contribution in [1.82, 2.24) is 5.23 Å². The molecule has 0 radical (unpaired) electrons. The van der Waals surface area contributed by atoms with E-state index >= 15 is 0 Å². The third-order valence-corrected chi connectivity index (χ3v) is 0.480. The molecule has 0 saturated carbocycles. The van der Waals surface area contributed by atoms with Crippen molar-refractivity contribution in [3.8, 4) is 0 Å². The second-order valence-electron chi connectivity index (χ2n) is 0.970. The van der Waals surface area contributed by atoms with Crippen LogP contribution < -0.4 is 5.23 Å². The fraction of sp³-hybridized carbons (Fsp3) is 0.667. The third-order valence-electron chi connectivity index (χ3n) is 0.480. The molecule has 0 aliphatic carbocycles. The summed E-state index contributed by atoms with van der Waals surface area (Å²) in [5.41, 5.74) is 0. The maximum absolute atomic E-state index is 10.1. The van der Waals surface area contributed by atoms with E-state index in [1.807, 2.05) is 0 Å². The van der Waals surface area contributed by atoms with Gasteiger partial charge in [0.05, 0.1) is 6.61 Å². The smallest absolute Gasteiger partial charge is 0.394 e. The average Bonchev–Trinajstić information content (AvgIpc) is 1.68. The van der Waals surface area contributed by atoms with E-state index in [1.54, 1.807) is 6.92 Å². The van der Waals surface area contributed by atoms with E-state index < -0.39 is 0 Å². The topological polar surface area (TPSA) is 38.3 Å². The number of amides is 1. The first-order valence-corrected chi connectivity index (χ1v) is 2.15. The van der Waals surface area contributed by atoms with Crippen molar-refractivity contribution >= 4 is 14.1 Å². The summed E-state index contributed by atoms with van der Waals surface area (Å²) >= 11 is 0. The molecule has 52 valence electrons. The molecule has 0 aromatic carbocycles. The predicted octanol–water partition coefficient (Wildman–Crippen LogP) is -0.722. The van der Waals surface area contributed by atoms with Crippen LogP contribution in [0.1, 0.15) is 6.92 Å². The van der Waals surface area contributed by atoms with Gasteiger partial charge < -0.3 is 9.96 Å². The van der Waals surface area contributed by atoms with Crippen LogP contribution in [0.15, 0.2) is 0 Å². The second kappa shape index (κ2) is 11.9. The molecule has 9 heavy (non-hydrogen) atoms. The average molecular weight is 301 g/mol. The molecule has 1 N–H and O–H groups in total. The monoisotopic (exact) mass is 299 g/mol. The molecule has 6 heteroatoms. The van der Waals surface area contributed by atoms with Crippen molar-refractivity contribution < 1.29 is 67.4 Å². The van der Waals surface area contributed by atoms with Gasteiger partial charge in [-0.25, -0.2) is 4.79 Å². The van der Waals surface area contributed by atoms with Crippen LogP contribution >= 0.6 is 0 Å². The zero-order chi connectivity index (χ0) is 5.70. The summed E-state index contributed by atoms with van der Waals surface area (Å²) in [4.78, 5) is 10.1. The van der Waals surface area contributed by atoms with E-state index in [2.05, 4.69) is 9.96 Å². The molecule has 0 rings (SSSR count). The minimum absolute atomic E-state index is 0. The first-order chi connectivity index (χ1) is 3.31. The van der Waals surface area contributed by atoms with Crippen molar-refractivity contribution in [3.05, 3.63) is 0 Å². The van der Waals surface area contributed by atoms with Crippen molar-refractivity contribution in [3.63, 3.8) is 0 Å². The fourth-order valence-corrected chi connectivity index (χ4v) is 0.203. The van der Waals surface area contributed by atoms with Crippen LogP contribution in [-0.4, -0.2) is 20.7 Å². The minimum atomic E-state index is -0.373. The molecule has 0 bridgehead atoms. The Kier molecular flexibility index (Phi) is 22.1. The molecular formula is C3H8BFeNNdO2. The SMILES string of the molecule is BNC(=O)OCC.[Fe].[Nd]. The van der Waals surface area contributed by atoms with Crippen LogP contribution in [0.2, 0.25) is 0 Å². The first-order valence-electron chi connectivity index (χ1n) is 2.15. The molecule has 3 nitrogen and oxygen atoms in total.